The molecule has 1 amide bonds. The summed E-state index contributed by atoms with van der Waals surface area (Å²) in [4.78, 5) is 24.4. The second kappa shape index (κ2) is 6.61. The average molecular weight is 385 g/mol. The van der Waals surface area contributed by atoms with Gasteiger partial charge in [-0.2, -0.15) is 0 Å². The van der Waals surface area contributed by atoms with Crippen LogP contribution in [0.5, 0.6) is 0 Å². The average Bonchev–Trinajstić information content (AvgIpc) is 2.53. The fraction of sp³-hybridized carbons (Fsp3) is 0.158. The van der Waals surface area contributed by atoms with Gasteiger partial charge in [0.15, 0.2) is 5.43 Å². The second-order valence-electron chi connectivity index (χ2n) is 5.84. The number of fused-ring (bicyclic) bond motifs is 1. The third-order valence-corrected chi connectivity index (χ3v) is 4.40. The zero-order valence-corrected chi connectivity index (χ0v) is 15.1. The molecule has 4 nitrogen and oxygen atoms in total. The number of aromatic nitrogens is 1. The van der Waals surface area contributed by atoms with E-state index in [4.69, 9.17) is 0 Å². The number of hydrogen-bond donors (Lipinski definition) is 1. The molecule has 0 radical (unpaired) electrons. The van der Waals surface area contributed by atoms with Crippen molar-refractivity contribution in [2.24, 2.45) is 0 Å². The van der Waals surface area contributed by atoms with Gasteiger partial charge in [0.05, 0.1) is 5.52 Å². The summed E-state index contributed by atoms with van der Waals surface area (Å²) in [5.41, 5.74) is 3.66. The molecule has 1 N–H and O–H groups in total. The fourth-order valence-corrected chi connectivity index (χ4v) is 3.08. The minimum atomic E-state index is -0.130. The van der Waals surface area contributed by atoms with E-state index in [1.165, 1.54) is 6.07 Å². The summed E-state index contributed by atoms with van der Waals surface area (Å²) in [5, 5.41) is 3.52. The number of rotatable bonds is 3. The molecule has 3 aromatic rings. The molecule has 3 rings (SSSR count). The number of halogens is 1. The Bertz CT molecular complexity index is 992. The highest BCUT2D eigenvalue weighted by atomic mass is 79.9. The van der Waals surface area contributed by atoms with Gasteiger partial charge in [0.1, 0.15) is 6.54 Å². The first-order chi connectivity index (χ1) is 11.4. The summed E-state index contributed by atoms with van der Waals surface area (Å²) in [6, 6.07) is 12.9. The van der Waals surface area contributed by atoms with Crippen LogP contribution < -0.4 is 10.7 Å². The lowest BCUT2D eigenvalue weighted by atomic mass is 10.1. The third kappa shape index (κ3) is 3.41. The molecule has 5 heteroatoms. The van der Waals surface area contributed by atoms with Crippen LogP contribution in [0.15, 0.2) is 57.9 Å². The van der Waals surface area contributed by atoms with Crippen molar-refractivity contribution in [1.29, 1.82) is 0 Å². The van der Waals surface area contributed by atoms with Gasteiger partial charge in [0.2, 0.25) is 5.91 Å². The van der Waals surface area contributed by atoms with Crippen LogP contribution in [0.1, 0.15) is 11.1 Å². The van der Waals surface area contributed by atoms with Crippen LogP contribution in [0.3, 0.4) is 0 Å². The van der Waals surface area contributed by atoms with E-state index in [2.05, 4.69) is 21.2 Å². The predicted octanol–water partition coefficient (Wildman–Crippen LogP) is 4.02. The van der Waals surface area contributed by atoms with Gasteiger partial charge < -0.3 is 9.88 Å². The minimum Gasteiger partial charge on any atom is -0.338 e. The van der Waals surface area contributed by atoms with Crippen molar-refractivity contribution in [3.05, 3.63) is 74.5 Å². The largest absolute Gasteiger partial charge is 0.338 e. The summed E-state index contributed by atoms with van der Waals surface area (Å²) < 4.78 is 2.62. The number of aryl methyl sites for hydroxylation is 2. The normalized spacial score (nSPS) is 10.8. The van der Waals surface area contributed by atoms with Gasteiger partial charge in [-0.1, -0.05) is 33.6 Å². The van der Waals surface area contributed by atoms with Crippen LogP contribution in [0.4, 0.5) is 5.69 Å². The summed E-state index contributed by atoms with van der Waals surface area (Å²) in [6.07, 6.45) is 1.65. The number of anilines is 1. The molecule has 0 aliphatic rings. The van der Waals surface area contributed by atoms with Crippen molar-refractivity contribution in [3.63, 3.8) is 0 Å². The van der Waals surface area contributed by atoms with Crippen molar-refractivity contribution in [1.82, 2.24) is 4.57 Å². The zero-order valence-electron chi connectivity index (χ0n) is 13.5. The third-order valence-electron chi connectivity index (χ3n) is 3.91. The smallest absolute Gasteiger partial charge is 0.244 e. The van der Waals surface area contributed by atoms with Crippen LogP contribution in [0, 0.1) is 13.8 Å². The number of carbonyl (C=O) groups is 1. The van der Waals surface area contributed by atoms with E-state index in [-0.39, 0.29) is 17.9 Å². The number of nitrogens with zero attached hydrogens (tertiary/aromatic N) is 1. The maximum Gasteiger partial charge on any atom is 0.244 e. The van der Waals surface area contributed by atoms with E-state index in [9.17, 15) is 9.59 Å². The summed E-state index contributed by atoms with van der Waals surface area (Å²) in [5.74, 6) is -0.130. The Morgan fingerprint density at radius 1 is 1.12 bits per heavy atom. The van der Waals surface area contributed by atoms with Crippen LogP contribution in [-0.2, 0) is 11.3 Å². The van der Waals surface area contributed by atoms with Crippen molar-refractivity contribution >= 4 is 38.4 Å². The van der Waals surface area contributed by atoms with Crippen molar-refractivity contribution in [2.45, 2.75) is 20.4 Å². The number of amides is 1. The Balaban J connectivity index is 1.88. The van der Waals surface area contributed by atoms with Gasteiger partial charge in [0, 0.05) is 27.8 Å². The lowest BCUT2D eigenvalue weighted by Gasteiger charge is -2.13. The lowest BCUT2D eigenvalue weighted by Crippen LogP contribution is -2.20. The van der Waals surface area contributed by atoms with Gasteiger partial charge >= 0.3 is 0 Å². The topological polar surface area (TPSA) is 51.1 Å². The molecule has 24 heavy (non-hydrogen) atoms. The first-order valence-corrected chi connectivity index (χ1v) is 8.39. The molecule has 0 fully saturated rings. The van der Waals surface area contributed by atoms with Crippen LogP contribution in [0.25, 0.3) is 10.9 Å². The van der Waals surface area contributed by atoms with Gasteiger partial charge in [0.25, 0.3) is 0 Å². The van der Waals surface area contributed by atoms with Crippen LogP contribution in [-0.4, -0.2) is 10.5 Å². The highest BCUT2D eigenvalue weighted by Gasteiger charge is 2.09. The van der Waals surface area contributed by atoms with Crippen molar-refractivity contribution in [2.75, 3.05) is 5.32 Å². The van der Waals surface area contributed by atoms with Gasteiger partial charge in [-0.05, 0) is 43.7 Å². The van der Waals surface area contributed by atoms with Crippen LogP contribution >= 0.6 is 15.9 Å². The van der Waals surface area contributed by atoms with E-state index in [0.29, 0.717) is 5.39 Å². The highest BCUT2D eigenvalue weighted by molar-refractivity contribution is 9.10. The SMILES string of the molecule is Cc1ccc(NC(=O)Cn2ccc(=O)c3cc(Br)ccc32)c(C)c1. The molecule has 1 aromatic heterocycles. The number of benzene rings is 2. The Labute approximate surface area is 148 Å². The van der Waals surface area contributed by atoms with E-state index < -0.39 is 0 Å². The van der Waals surface area contributed by atoms with Gasteiger partial charge in [-0.15, -0.1) is 0 Å². The van der Waals surface area contributed by atoms with E-state index in [1.807, 2.05) is 44.2 Å². The zero-order chi connectivity index (χ0) is 17.3. The first kappa shape index (κ1) is 16.5. The van der Waals surface area contributed by atoms with Crippen LogP contribution in [0.2, 0.25) is 0 Å². The van der Waals surface area contributed by atoms with Crippen molar-refractivity contribution < 1.29 is 4.79 Å². The highest BCUT2D eigenvalue weighted by Crippen LogP contribution is 2.18. The van der Waals surface area contributed by atoms with Crippen molar-refractivity contribution in [3.8, 4) is 0 Å². The molecule has 0 atom stereocenters. The Hall–Kier alpha value is -2.40. The molecular weight excluding hydrogens is 368 g/mol. The molecule has 1 heterocycles. The van der Waals surface area contributed by atoms with E-state index in [0.717, 1.165) is 26.8 Å². The molecule has 0 unspecified atom stereocenters. The number of pyridine rings is 1. The van der Waals surface area contributed by atoms with Gasteiger partial charge in [-0.3, -0.25) is 9.59 Å². The first-order valence-electron chi connectivity index (χ1n) is 7.60. The lowest BCUT2D eigenvalue weighted by molar-refractivity contribution is -0.116. The summed E-state index contributed by atoms with van der Waals surface area (Å²) in [6.45, 7) is 4.13. The molecule has 0 spiro atoms. The Morgan fingerprint density at radius 2 is 1.92 bits per heavy atom. The Morgan fingerprint density at radius 3 is 2.67 bits per heavy atom. The molecule has 0 aliphatic carbocycles. The fourth-order valence-electron chi connectivity index (χ4n) is 2.72. The molecule has 0 aliphatic heterocycles. The van der Waals surface area contributed by atoms with E-state index >= 15 is 0 Å². The molecule has 0 saturated heterocycles. The molecular formula is C19H17BrN2O2. The molecule has 0 saturated carbocycles. The number of nitrogens with one attached hydrogen (secondary N) is 1. The second-order valence-corrected chi connectivity index (χ2v) is 6.75. The number of hydrogen-bond acceptors (Lipinski definition) is 2. The Kier molecular flexibility index (Phi) is 4.53. The monoisotopic (exact) mass is 384 g/mol. The molecule has 122 valence electrons. The maximum atomic E-state index is 12.4. The maximum absolute atomic E-state index is 12.4. The van der Waals surface area contributed by atoms with E-state index in [1.54, 1.807) is 16.8 Å². The van der Waals surface area contributed by atoms with Gasteiger partial charge in [-0.25, -0.2) is 0 Å². The molecule has 0 bridgehead atoms. The molecule has 2 aromatic carbocycles. The summed E-state index contributed by atoms with van der Waals surface area (Å²) in [7, 11) is 0. The minimum absolute atomic E-state index is 0.0580. The standard InChI is InChI=1S/C19H17BrN2O2/c1-12-3-5-16(13(2)9-12)21-19(24)11-22-8-7-18(23)15-10-14(20)4-6-17(15)22/h3-10H,11H2,1-2H3,(H,21,24). The quantitative estimate of drug-likeness (QED) is 0.741. The predicted molar refractivity (Wildman–Crippen MR) is 100 cm³/mol. The summed E-state index contributed by atoms with van der Waals surface area (Å²) >= 11 is 3.37. The number of carbonyl (C=O) groups excluding carboxylic acids is 1.